The lowest BCUT2D eigenvalue weighted by molar-refractivity contribution is -0.143. The predicted molar refractivity (Wildman–Crippen MR) is 56.7 cm³/mol. The summed E-state index contributed by atoms with van der Waals surface area (Å²) in [7, 11) is 0. The van der Waals surface area contributed by atoms with Crippen LogP contribution in [0.15, 0.2) is 18.7 Å². The number of halogens is 3. The van der Waals surface area contributed by atoms with Gasteiger partial charge in [-0.3, -0.25) is 4.68 Å². The maximum atomic E-state index is 12.3. The molecule has 8 heteroatoms. The van der Waals surface area contributed by atoms with Gasteiger partial charge in [0, 0.05) is 19.2 Å². The number of hydrogen-bond acceptors (Lipinski definition) is 3. The number of hydrogen-bond donors (Lipinski definition) is 0. The number of nitrogens with zero attached hydrogens (tertiary/aromatic N) is 5. The maximum absolute atomic E-state index is 12.3. The molecule has 2 heterocycles. The summed E-state index contributed by atoms with van der Waals surface area (Å²) in [4.78, 5) is 3.83. The van der Waals surface area contributed by atoms with Crippen LogP contribution in [0, 0.1) is 6.92 Å². The Morgan fingerprint density at radius 2 is 2.06 bits per heavy atom. The van der Waals surface area contributed by atoms with Gasteiger partial charge in [-0.15, -0.1) is 0 Å². The van der Waals surface area contributed by atoms with Crippen molar-refractivity contribution in [1.82, 2.24) is 24.5 Å². The van der Waals surface area contributed by atoms with Crippen LogP contribution in [0.3, 0.4) is 0 Å². The fourth-order valence-electron chi connectivity index (χ4n) is 1.59. The molecule has 0 spiro atoms. The lowest BCUT2D eigenvalue weighted by Crippen LogP contribution is -2.21. The fraction of sp³-hybridized carbons (Fsp3) is 0.500. The number of rotatable bonds is 4. The second kappa shape index (κ2) is 4.79. The molecule has 18 heavy (non-hydrogen) atoms. The van der Waals surface area contributed by atoms with Crippen molar-refractivity contribution in [3.05, 3.63) is 30.1 Å². The highest BCUT2D eigenvalue weighted by molar-refractivity contribution is 4.99. The van der Waals surface area contributed by atoms with Crippen LogP contribution in [0.5, 0.6) is 0 Å². The Morgan fingerprint density at radius 1 is 1.28 bits per heavy atom. The number of aromatic nitrogens is 5. The van der Waals surface area contributed by atoms with Crippen LogP contribution >= 0.6 is 0 Å². The van der Waals surface area contributed by atoms with E-state index in [1.807, 2.05) is 13.1 Å². The van der Waals surface area contributed by atoms with Crippen molar-refractivity contribution in [2.75, 3.05) is 0 Å². The molecule has 0 aliphatic heterocycles. The van der Waals surface area contributed by atoms with E-state index in [0.717, 1.165) is 16.6 Å². The minimum absolute atomic E-state index is 0.306. The summed E-state index contributed by atoms with van der Waals surface area (Å²) in [5, 5.41) is 7.63. The van der Waals surface area contributed by atoms with E-state index in [9.17, 15) is 13.2 Å². The molecule has 0 bridgehead atoms. The van der Waals surface area contributed by atoms with Gasteiger partial charge in [0.15, 0.2) is 0 Å². The van der Waals surface area contributed by atoms with E-state index in [1.165, 1.54) is 0 Å². The highest BCUT2D eigenvalue weighted by Crippen LogP contribution is 2.17. The minimum Gasteiger partial charge on any atom is -0.272 e. The molecule has 0 saturated heterocycles. The van der Waals surface area contributed by atoms with E-state index < -0.39 is 12.7 Å². The van der Waals surface area contributed by atoms with E-state index in [4.69, 9.17) is 0 Å². The normalized spacial score (nSPS) is 12.0. The molecule has 0 N–H and O–H groups in total. The van der Waals surface area contributed by atoms with Crippen LogP contribution in [-0.2, 0) is 19.5 Å². The Labute approximate surface area is 101 Å². The largest absolute Gasteiger partial charge is 0.408 e. The fourth-order valence-corrected chi connectivity index (χ4v) is 1.59. The molecule has 0 amide bonds. The Kier molecular flexibility index (Phi) is 3.35. The molecule has 98 valence electrons. The smallest absolute Gasteiger partial charge is 0.272 e. The highest BCUT2D eigenvalue weighted by atomic mass is 19.4. The van der Waals surface area contributed by atoms with Crippen molar-refractivity contribution in [2.24, 2.45) is 0 Å². The highest BCUT2D eigenvalue weighted by Gasteiger charge is 2.29. The minimum atomic E-state index is -4.29. The molecule has 0 radical (unpaired) electrons. The van der Waals surface area contributed by atoms with Crippen LogP contribution in [-0.4, -0.2) is 30.7 Å². The summed E-state index contributed by atoms with van der Waals surface area (Å²) in [5.74, 6) is 0.306. The summed E-state index contributed by atoms with van der Waals surface area (Å²) >= 11 is 0. The van der Waals surface area contributed by atoms with Crippen molar-refractivity contribution in [3.8, 4) is 0 Å². The summed E-state index contributed by atoms with van der Waals surface area (Å²) in [5.41, 5.74) is 1.01. The Hall–Kier alpha value is -1.86. The van der Waals surface area contributed by atoms with Crippen LogP contribution in [0.4, 0.5) is 13.2 Å². The lowest BCUT2D eigenvalue weighted by atomic mass is 10.4. The number of aryl methyl sites for hydroxylation is 3. The van der Waals surface area contributed by atoms with E-state index in [1.54, 1.807) is 10.9 Å². The second-order valence-electron chi connectivity index (χ2n) is 3.98. The van der Waals surface area contributed by atoms with Crippen molar-refractivity contribution in [3.63, 3.8) is 0 Å². The molecule has 0 unspecified atom stereocenters. The molecular weight excluding hydrogens is 247 g/mol. The predicted octanol–water partition coefficient (Wildman–Crippen LogP) is 1.59. The van der Waals surface area contributed by atoms with Gasteiger partial charge < -0.3 is 0 Å². The summed E-state index contributed by atoms with van der Waals surface area (Å²) < 4.78 is 39.3. The Bertz CT molecular complexity index is 514. The average molecular weight is 259 g/mol. The van der Waals surface area contributed by atoms with Gasteiger partial charge in [0.1, 0.15) is 18.7 Å². The van der Waals surface area contributed by atoms with Gasteiger partial charge in [-0.1, -0.05) is 0 Å². The van der Waals surface area contributed by atoms with Crippen molar-refractivity contribution >= 4 is 0 Å². The topological polar surface area (TPSA) is 48.5 Å². The molecular formula is C10H12F3N5. The van der Waals surface area contributed by atoms with Gasteiger partial charge in [-0.05, 0) is 12.5 Å². The van der Waals surface area contributed by atoms with Crippen molar-refractivity contribution in [1.29, 1.82) is 0 Å². The zero-order chi connectivity index (χ0) is 13.2. The second-order valence-corrected chi connectivity index (χ2v) is 3.98. The number of alkyl halides is 3. The van der Waals surface area contributed by atoms with E-state index in [0.29, 0.717) is 18.8 Å². The van der Waals surface area contributed by atoms with Crippen molar-refractivity contribution < 1.29 is 13.2 Å². The van der Waals surface area contributed by atoms with Crippen molar-refractivity contribution in [2.45, 2.75) is 32.6 Å². The van der Waals surface area contributed by atoms with Gasteiger partial charge >= 0.3 is 6.18 Å². The zero-order valence-corrected chi connectivity index (χ0v) is 9.72. The van der Waals surface area contributed by atoms with E-state index >= 15 is 0 Å². The maximum Gasteiger partial charge on any atom is 0.408 e. The van der Waals surface area contributed by atoms with Gasteiger partial charge in [0.05, 0.1) is 6.20 Å². The average Bonchev–Trinajstić information content (AvgIpc) is 2.82. The third-order valence-electron chi connectivity index (χ3n) is 2.35. The molecule has 2 rings (SSSR count). The van der Waals surface area contributed by atoms with Crippen LogP contribution < -0.4 is 0 Å². The van der Waals surface area contributed by atoms with Crippen LogP contribution in [0.25, 0.3) is 0 Å². The third kappa shape index (κ3) is 3.31. The molecule has 0 fully saturated rings. The van der Waals surface area contributed by atoms with Crippen LogP contribution in [0.1, 0.15) is 11.4 Å². The standard InChI is InChI=1S/C10H12F3N5/c1-8-4-15-17(5-8)3-2-9-14-7-16-18(9)6-10(11,12)13/h4-5,7H,2-3,6H2,1H3. The van der Waals surface area contributed by atoms with E-state index in [2.05, 4.69) is 15.2 Å². The first-order valence-electron chi connectivity index (χ1n) is 5.36. The Balaban J connectivity index is 1.99. The first-order valence-corrected chi connectivity index (χ1v) is 5.36. The first kappa shape index (κ1) is 12.6. The monoisotopic (exact) mass is 259 g/mol. The quantitative estimate of drug-likeness (QED) is 0.837. The SMILES string of the molecule is Cc1cnn(CCc2ncnn2CC(F)(F)F)c1. The van der Waals surface area contributed by atoms with Crippen LogP contribution in [0.2, 0.25) is 0 Å². The molecule has 2 aromatic rings. The molecule has 0 aliphatic rings. The summed E-state index contributed by atoms with van der Waals surface area (Å²) in [6, 6.07) is 0. The molecule has 0 aromatic carbocycles. The molecule has 0 aliphatic carbocycles. The lowest BCUT2D eigenvalue weighted by Gasteiger charge is -2.08. The molecule has 2 aromatic heterocycles. The molecule has 5 nitrogen and oxygen atoms in total. The van der Waals surface area contributed by atoms with Gasteiger partial charge in [0.2, 0.25) is 0 Å². The third-order valence-corrected chi connectivity index (χ3v) is 2.35. The Morgan fingerprint density at radius 3 is 2.67 bits per heavy atom. The molecule has 0 saturated carbocycles. The van der Waals surface area contributed by atoms with Gasteiger partial charge in [-0.2, -0.15) is 23.4 Å². The summed E-state index contributed by atoms with van der Waals surface area (Å²) in [6.45, 7) is 1.26. The first-order chi connectivity index (χ1) is 8.44. The van der Waals surface area contributed by atoms with Gasteiger partial charge in [-0.25, -0.2) is 9.67 Å². The van der Waals surface area contributed by atoms with E-state index in [-0.39, 0.29) is 0 Å². The van der Waals surface area contributed by atoms with Gasteiger partial charge in [0.25, 0.3) is 0 Å². The molecule has 0 atom stereocenters. The zero-order valence-electron chi connectivity index (χ0n) is 9.72. The summed E-state index contributed by atoms with van der Waals surface area (Å²) in [6.07, 6.45) is 0.724.